The minimum atomic E-state index is -0.441. The number of nitrogens with one attached hydrogen (secondary N) is 1. The normalized spacial score (nSPS) is 15.0. The Bertz CT molecular complexity index is 773. The maximum Gasteiger partial charge on any atom is 0.269 e. The number of amides is 1. The van der Waals surface area contributed by atoms with Crippen molar-refractivity contribution in [1.29, 1.82) is 0 Å². The number of aromatic nitrogens is 1. The van der Waals surface area contributed by atoms with Crippen molar-refractivity contribution in [3.63, 3.8) is 0 Å². The summed E-state index contributed by atoms with van der Waals surface area (Å²) in [6.07, 6.45) is 2.21. The van der Waals surface area contributed by atoms with Crippen molar-refractivity contribution in [2.24, 2.45) is 0 Å². The van der Waals surface area contributed by atoms with Crippen LogP contribution in [0.2, 0.25) is 0 Å². The number of nitro benzene ring substituents is 1. The number of carbonyl (C=O) groups is 1. The van der Waals surface area contributed by atoms with Crippen molar-refractivity contribution in [2.45, 2.75) is 13.3 Å². The number of non-ortho nitro benzene ring substituents is 1. The number of piperazine rings is 1. The first-order valence-electron chi connectivity index (χ1n) is 8.44. The number of thiazole rings is 1. The van der Waals surface area contributed by atoms with Gasteiger partial charge in [-0.05, 0) is 18.6 Å². The van der Waals surface area contributed by atoms with Crippen molar-refractivity contribution in [3.8, 4) is 0 Å². The highest BCUT2D eigenvalue weighted by molar-refractivity contribution is 7.13. The zero-order valence-corrected chi connectivity index (χ0v) is 15.4. The number of aryl methyl sites for hydroxylation is 1. The van der Waals surface area contributed by atoms with Gasteiger partial charge in [0.25, 0.3) is 5.69 Å². The van der Waals surface area contributed by atoms with Gasteiger partial charge in [-0.25, -0.2) is 4.98 Å². The minimum Gasteiger partial charge on any atom is -0.346 e. The van der Waals surface area contributed by atoms with E-state index in [1.165, 1.54) is 12.1 Å². The number of rotatable bonds is 6. The van der Waals surface area contributed by atoms with Crippen LogP contribution in [-0.2, 0) is 4.79 Å². The highest BCUT2D eigenvalue weighted by atomic mass is 32.1. The topological polar surface area (TPSA) is 91.6 Å². The largest absolute Gasteiger partial charge is 0.346 e. The fourth-order valence-corrected chi connectivity index (χ4v) is 3.61. The summed E-state index contributed by atoms with van der Waals surface area (Å²) >= 11 is 1.64. The molecule has 1 aliphatic heterocycles. The number of nitrogens with zero attached hydrogens (tertiary/aromatic N) is 4. The molecule has 0 bridgehead atoms. The summed E-state index contributed by atoms with van der Waals surface area (Å²) in [6.45, 7) is 6.09. The molecule has 2 heterocycles. The standard InChI is InChI=1S/C17H21N5O3S/c1-13-12-14(22(24)25)2-3-15(13)19-16(23)4-6-20-7-9-21(10-8-20)17-18-5-11-26-17/h2-3,5,11-12H,4,6-10H2,1H3,(H,19,23). The number of hydrogen-bond donors (Lipinski definition) is 1. The molecule has 1 amide bonds. The Hall–Kier alpha value is -2.52. The number of nitro groups is 1. The molecule has 0 spiro atoms. The summed E-state index contributed by atoms with van der Waals surface area (Å²) in [5.41, 5.74) is 1.33. The third kappa shape index (κ3) is 4.55. The lowest BCUT2D eigenvalue weighted by Crippen LogP contribution is -2.47. The van der Waals surface area contributed by atoms with Crippen LogP contribution in [-0.4, -0.2) is 53.4 Å². The first-order chi connectivity index (χ1) is 12.5. The predicted octanol–water partition coefficient (Wildman–Crippen LogP) is 2.51. The van der Waals surface area contributed by atoms with Crippen molar-refractivity contribution < 1.29 is 9.72 Å². The molecule has 1 aliphatic rings. The molecule has 0 radical (unpaired) electrons. The second-order valence-corrected chi connectivity index (χ2v) is 7.07. The zero-order valence-electron chi connectivity index (χ0n) is 14.6. The molecule has 1 N–H and O–H groups in total. The lowest BCUT2D eigenvalue weighted by molar-refractivity contribution is -0.384. The summed E-state index contributed by atoms with van der Waals surface area (Å²) in [6, 6.07) is 4.45. The van der Waals surface area contributed by atoms with Crippen molar-refractivity contribution in [2.75, 3.05) is 42.9 Å². The molecular formula is C17H21N5O3S. The smallest absolute Gasteiger partial charge is 0.269 e. The highest BCUT2D eigenvalue weighted by Gasteiger charge is 2.19. The van der Waals surface area contributed by atoms with E-state index < -0.39 is 4.92 Å². The summed E-state index contributed by atoms with van der Waals surface area (Å²) in [5, 5.41) is 16.6. The monoisotopic (exact) mass is 375 g/mol. The Morgan fingerprint density at radius 2 is 2.12 bits per heavy atom. The van der Waals surface area contributed by atoms with E-state index in [-0.39, 0.29) is 11.6 Å². The van der Waals surface area contributed by atoms with E-state index in [4.69, 9.17) is 0 Å². The molecule has 26 heavy (non-hydrogen) atoms. The van der Waals surface area contributed by atoms with Gasteiger partial charge < -0.3 is 10.2 Å². The van der Waals surface area contributed by atoms with E-state index in [9.17, 15) is 14.9 Å². The van der Waals surface area contributed by atoms with Crippen LogP contribution >= 0.6 is 11.3 Å². The lowest BCUT2D eigenvalue weighted by atomic mass is 10.1. The van der Waals surface area contributed by atoms with E-state index in [1.54, 1.807) is 24.3 Å². The van der Waals surface area contributed by atoms with Crippen molar-refractivity contribution in [1.82, 2.24) is 9.88 Å². The highest BCUT2D eigenvalue weighted by Crippen LogP contribution is 2.21. The number of hydrogen-bond acceptors (Lipinski definition) is 7. The average Bonchev–Trinajstić information content (AvgIpc) is 3.16. The van der Waals surface area contributed by atoms with Crippen LogP contribution < -0.4 is 10.2 Å². The van der Waals surface area contributed by atoms with Gasteiger partial charge in [0.05, 0.1) is 4.92 Å². The van der Waals surface area contributed by atoms with Crippen molar-refractivity contribution in [3.05, 3.63) is 45.5 Å². The summed E-state index contributed by atoms with van der Waals surface area (Å²) in [5.74, 6) is -0.0793. The third-order valence-electron chi connectivity index (χ3n) is 4.41. The van der Waals surface area contributed by atoms with Crippen LogP contribution in [0.4, 0.5) is 16.5 Å². The van der Waals surface area contributed by atoms with Gasteiger partial charge in [-0.15, -0.1) is 11.3 Å². The van der Waals surface area contributed by atoms with Crippen molar-refractivity contribution >= 4 is 33.8 Å². The SMILES string of the molecule is Cc1cc([N+](=O)[O-])ccc1NC(=O)CCN1CCN(c2nccs2)CC1. The van der Waals surface area contributed by atoms with Gasteiger partial charge in [0.2, 0.25) is 5.91 Å². The predicted molar refractivity (Wildman–Crippen MR) is 102 cm³/mol. The van der Waals surface area contributed by atoms with E-state index in [2.05, 4.69) is 20.1 Å². The lowest BCUT2D eigenvalue weighted by Gasteiger charge is -2.34. The fourth-order valence-electron chi connectivity index (χ4n) is 2.91. The fraction of sp³-hybridized carbons (Fsp3) is 0.412. The van der Waals surface area contributed by atoms with Crippen LogP contribution in [0.1, 0.15) is 12.0 Å². The molecule has 1 fully saturated rings. The molecule has 8 nitrogen and oxygen atoms in total. The molecule has 1 saturated heterocycles. The maximum absolute atomic E-state index is 12.2. The van der Waals surface area contributed by atoms with E-state index in [0.29, 0.717) is 24.2 Å². The second-order valence-electron chi connectivity index (χ2n) is 6.20. The Kier molecular flexibility index (Phi) is 5.79. The molecule has 0 saturated carbocycles. The van der Waals surface area contributed by atoms with Gasteiger partial charge in [0.1, 0.15) is 0 Å². The summed E-state index contributed by atoms with van der Waals surface area (Å²) < 4.78 is 0. The van der Waals surface area contributed by atoms with Crippen LogP contribution in [0.25, 0.3) is 0 Å². The first-order valence-corrected chi connectivity index (χ1v) is 9.32. The Morgan fingerprint density at radius 1 is 1.35 bits per heavy atom. The minimum absolute atomic E-state index is 0.0265. The number of anilines is 2. The number of benzene rings is 1. The third-order valence-corrected chi connectivity index (χ3v) is 5.24. The number of carbonyl (C=O) groups excluding carboxylic acids is 1. The molecule has 0 atom stereocenters. The van der Waals surface area contributed by atoms with Crippen LogP contribution in [0.15, 0.2) is 29.8 Å². The molecule has 0 aliphatic carbocycles. The Labute approximate surface area is 155 Å². The van der Waals surface area contributed by atoms with Gasteiger partial charge >= 0.3 is 0 Å². The molecular weight excluding hydrogens is 354 g/mol. The van der Waals surface area contributed by atoms with Crippen LogP contribution in [0.5, 0.6) is 0 Å². The molecule has 9 heteroatoms. The molecule has 2 aromatic rings. The molecule has 1 aromatic heterocycles. The van der Waals surface area contributed by atoms with Gasteiger partial charge in [-0.1, -0.05) is 0 Å². The average molecular weight is 375 g/mol. The quantitative estimate of drug-likeness (QED) is 0.616. The van der Waals surface area contributed by atoms with Gasteiger partial charge in [-0.2, -0.15) is 0 Å². The first kappa shape index (κ1) is 18.3. The maximum atomic E-state index is 12.2. The van der Waals surface area contributed by atoms with Crippen LogP contribution in [0.3, 0.4) is 0 Å². The van der Waals surface area contributed by atoms with Gasteiger partial charge in [-0.3, -0.25) is 19.8 Å². The molecule has 3 rings (SSSR count). The summed E-state index contributed by atoms with van der Waals surface area (Å²) in [4.78, 5) is 31.4. The van der Waals surface area contributed by atoms with Crippen LogP contribution in [0, 0.1) is 17.0 Å². The van der Waals surface area contributed by atoms with E-state index in [0.717, 1.165) is 31.3 Å². The van der Waals surface area contributed by atoms with Gasteiger partial charge in [0, 0.05) is 68.5 Å². The Morgan fingerprint density at radius 3 is 2.73 bits per heavy atom. The molecule has 0 unspecified atom stereocenters. The summed E-state index contributed by atoms with van der Waals surface area (Å²) in [7, 11) is 0. The Balaban J connectivity index is 1.44. The van der Waals surface area contributed by atoms with Gasteiger partial charge in [0.15, 0.2) is 5.13 Å². The zero-order chi connectivity index (χ0) is 18.5. The molecule has 1 aromatic carbocycles. The van der Waals surface area contributed by atoms with E-state index in [1.807, 2.05) is 11.6 Å². The second kappa shape index (κ2) is 8.24. The van der Waals surface area contributed by atoms with E-state index >= 15 is 0 Å². The molecule has 138 valence electrons.